The molecule has 1 aliphatic rings. The van der Waals surface area contributed by atoms with Crippen molar-refractivity contribution in [1.82, 2.24) is 0 Å². The van der Waals surface area contributed by atoms with E-state index in [0.29, 0.717) is 12.2 Å². The summed E-state index contributed by atoms with van der Waals surface area (Å²) in [6.45, 7) is 13.2. The molecule has 3 aromatic carbocycles. The number of carbonyl (C=O) groups is 1. The van der Waals surface area contributed by atoms with Crippen molar-refractivity contribution in [3.8, 4) is 0 Å². The van der Waals surface area contributed by atoms with E-state index in [1.165, 1.54) is 44.7 Å². The molecule has 0 fully saturated rings. The van der Waals surface area contributed by atoms with Gasteiger partial charge in [0, 0.05) is 4.91 Å². The summed E-state index contributed by atoms with van der Waals surface area (Å²) in [5, 5.41) is 0. The molecule has 0 aliphatic heterocycles. The van der Waals surface area contributed by atoms with E-state index in [9.17, 15) is 4.79 Å². The molecule has 0 atom stereocenters. The Morgan fingerprint density at radius 1 is 0.946 bits per heavy atom. The predicted octanol–water partition coefficient (Wildman–Crippen LogP) is 9.56. The molecule has 0 amide bonds. The van der Waals surface area contributed by atoms with Gasteiger partial charge in [0.2, 0.25) is 0 Å². The van der Waals surface area contributed by atoms with Gasteiger partial charge in [-0.1, -0.05) is 94.3 Å². The Morgan fingerprint density at radius 3 is 2.16 bits per heavy atom. The lowest BCUT2D eigenvalue weighted by Crippen LogP contribution is -2.22. The first-order valence-corrected chi connectivity index (χ1v) is 14.4. The van der Waals surface area contributed by atoms with Crippen molar-refractivity contribution >= 4 is 34.3 Å². The number of allylic oxidation sites excluding steroid dienone is 1. The number of thioether (sulfide) groups is 1. The number of hydrogen-bond donors (Lipinski definition) is 0. The van der Waals surface area contributed by atoms with Crippen molar-refractivity contribution in [1.29, 1.82) is 0 Å². The average Bonchev–Trinajstić information content (AvgIpc) is 2.89. The molecule has 37 heavy (non-hydrogen) atoms. The van der Waals surface area contributed by atoms with Crippen molar-refractivity contribution in [3.63, 3.8) is 0 Å². The van der Waals surface area contributed by atoms with Crippen LogP contribution >= 0.6 is 11.8 Å². The van der Waals surface area contributed by atoms with E-state index in [-0.39, 0.29) is 11.4 Å². The Morgan fingerprint density at radius 2 is 1.57 bits per heavy atom. The third kappa shape index (κ3) is 7.05. The highest BCUT2D eigenvalue weighted by atomic mass is 32.2. The smallest absolute Gasteiger partial charge is 0.338 e. The second-order valence-electron chi connectivity index (χ2n) is 10.1. The number of ether oxygens (including phenoxy) is 1. The third-order valence-corrected chi connectivity index (χ3v) is 7.24. The van der Waals surface area contributed by atoms with Gasteiger partial charge in [-0.25, -0.2) is 4.79 Å². The zero-order valence-corrected chi connectivity index (χ0v) is 24.2. The maximum absolute atomic E-state index is 12.0. The summed E-state index contributed by atoms with van der Waals surface area (Å²) in [5.41, 5.74) is 9.52. The topological polar surface area (TPSA) is 26.3 Å². The summed E-state index contributed by atoms with van der Waals surface area (Å²) in [4.78, 5) is 13.2. The zero-order valence-electron chi connectivity index (χ0n) is 23.4. The Balaban J connectivity index is 0.00000121. The van der Waals surface area contributed by atoms with Crippen molar-refractivity contribution in [2.45, 2.75) is 59.8 Å². The molecular formula is C34H40O2S. The molecule has 3 aromatic rings. The van der Waals surface area contributed by atoms with Crippen molar-refractivity contribution in [3.05, 3.63) is 112 Å². The first kappa shape index (κ1) is 28.5. The van der Waals surface area contributed by atoms with Gasteiger partial charge >= 0.3 is 5.97 Å². The summed E-state index contributed by atoms with van der Waals surface area (Å²) in [5.74, 6) is -0.282. The van der Waals surface area contributed by atoms with Crippen LogP contribution in [0, 0.1) is 6.92 Å². The van der Waals surface area contributed by atoms with E-state index in [4.69, 9.17) is 4.74 Å². The first-order valence-electron chi connectivity index (χ1n) is 13.2. The highest BCUT2D eigenvalue weighted by molar-refractivity contribution is 8.07. The van der Waals surface area contributed by atoms with Gasteiger partial charge in [0.1, 0.15) is 0 Å². The summed E-state index contributed by atoms with van der Waals surface area (Å²) >= 11 is 1.74. The number of rotatable bonds is 6. The Kier molecular flexibility index (Phi) is 10.00. The van der Waals surface area contributed by atoms with Crippen LogP contribution in [-0.2, 0) is 10.2 Å². The quantitative estimate of drug-likeness (QED) is 0.243. The summed E-state index contributed by atoms with van der Waals surface area (Å²) in [6.07, 6.45) is 8.97. The number of esters is 1. The van der Waals surface area contributed by atoms with Gasteiger partial charge in [-0.05, 0) is 89.6 Å². The molecule has 0 saturated carbocycles. The van der Waals surface area contributed by atoms with Crippen LogP contribution in [0.1, 0.15) is 91.2 Å². The molecule has 0 bridgehead atoms. The number of aryl methyl sites for hydroxylation is 1. The minimum Gasteiger partial charge on any atom is -0.462 e. The third-order valence-electron chi connectivity index (χ3n) is 6.44. The fraction of sp³-hybridized carbons (Fsp3) is 0.324. The monoisotopic (exact) mass is 512 g/mol. The molecular weight excluding hydrogens is 472 g/mol. The fourth-order valence-electron chi connectivity index (χ4n) is 4.44. The van der Waals surface area contributed by atoms with E-state index < -0.39 is 0 Å². The van der Waals surface area contributed by atoms with Crippen LogP contribution in [0.25, 0.3) is 16.6 Å². The largest absolute Gasteiger partial charge is 0.462 e. The molecule has 3 heteroatoms. The highest BCUT2D eigenvalue weighted by Crippen LogP contribution is 2.43. The van der Waals surface area contributed by atoms with Crippen LogP contribution in [0.15, 0.2) is 72.8 Å². The molecule has 0 heterocycles. The molecule has 0 N–H and O–H groups in total. The molecule has 0 unspecified atom stereocenters. The summed E-state index contributed by atoms with van der Waals surface area (Å²) < 4.78 is 5.10. The first-order chi connectivity index (χ1) is 17.7. The van der Waals surface area contributed by atoms with Crippen LogP contribution in [-0.4, -0.2) is 18.8 Å². The standard InChI is InChI=1S/C31H32O2S.C3H8/c1-6-33-30(32)24-13-9-22(10-14-24)19-29(34-5)25-15-16-28-27(20-25)26(17-18-31(28,3)4)23-11-7-21(2)8-12-23;1-3-2/h7-17,19-20H,6,18H2,1-5H3;3H2,1-2H3/b29-19-;. The number of benzene rings is 3. The fourth-order valence-corrected chi connectivity index (χ4v) is 5.05. The normalized spacial score (nSPS) is 14.1. The van der Waals surface area contributed by atoms with Gasteiger partial charge in [0.25, 0.3) is 0 Å². The molecule has 1 aliphatic carbocycles. The van der Waals surface area contributed by atoms with Crippen LogP contribution in [0.5, 0.6) is 0 Å². The molecule has 0 saturated heterocycles. The Hall–Kier alpha value is -3.04. The lowest BCUT2D eigenvalue weighted by atomic mass is 9.72. The molecule has 0 radical (unpaired) electrons. The van der Waals surface area contributed by atoms with Crippen molar-refractivity contribution in [2.75, 3.05) is 12.9 Å². The zero-order chi connectivity index (χ0) is 27.0. The van der Waals surface area contributed by atoms with Gasteiger partial charge in [-0.2, -0.15) is 0 Å². The number of carbonyl (C=O) groups excluding carboxylic acids is 1. The van der Waals surface area contributed by atoms with Crippen LogP contribution in [0.2, 0.25) is 0 Å². The van der Waals surface area contributed by atoms with Crippen molar-refractivity contribution < 1.29 is 9.53 Å². The summed E-state index contributed by atoms with van der Waals surface area (Å²) in [7, 11) is 0. The lowest BCUT2D eigenvalue weighted by Gasteiger charge is -2.33. The Bertz CT molecular complexity index is 1260. The number of fused-ring (bicyclic) bond motifs is 1. The van der Waals surface area contributed by atoms with Crippen molar-refractivity contribution in [2.24, 2.45) is 0 Å². The maximum Gasteiger partial charge on any atom is 0.338 e. The second-order valence-corrected chi connectivity index (χ2v) is 10.9. The van der Waals surface area contributed by atoms with Gasteiger partial charge in [-0.3, -0.25) is 0 Å². The minimum absolute atomic E-state index is 0.105. The van der Waals surface area contributed by atoms with E-state index in [2.05, 4.69) is 95.5 Å². The summed E-state index contributed by atoms with van der Waals surface area (Å²) in [6, 6.07) is 23.3. The average molecular weight is 513 g/mol. The molecule has 0 aromatic heterocycles. The highest BCUT2D eigenvalue weighted by Gasteiger charge is 2.29. The molecule has 2 nitrogen and oxygen atoms in total. The van der Waals surface area contributed by atoms with Gasteiger partial charge in [-0.15, -0.1) is 11.8 Å². The Labute approximate surface area is 227 Å². The lowest BCUT2D eigenvalue weighted by molar-refractivity contribution is 0.0526. The SMILES string of the molecule is CCC.CCOC(=O)c1ccc(/C=C(\SC)c2ccc3c(c2)C(c2ccc(C)cc2)=CCC3(C)C)cc1. The minimum atomic E-state index is -0.282. The van der Waals surface area contributed by atoms with E-state index >= 15 is 0 Å². The van der Waals surface area contributed by atoms with Gasteiger partial charge < -0.3 is 4.74 Å². The second kappa shape index (κ2) is 13.0. The van der Waals surface area contributed by atoms with E-state index in [1.807, 2.05) is 31.2 Å². The molecule has 194 valence electrons. The van der Waals surface area contributed by atoms with Crippen LogP contribution in [0.3, 0.4) is 0 Å². The van der Waals surface area contributed by atoms with E-state index in [0.717, 1.165) is 12.0 Å². The van der Waals surface area contributed by atoms with Gasteiger partial charge in [0.15, 0.2) is 0 Å². The predicted molar refractivity (Wildman–Crippen MR) is 162 cm³/mol. The van der Waals surface area contributed by atoms with Crippen LogP contribution < -0.4 is 0 Å². The maximum atomic E-state index is 12.0. The van der Waals surface area contributed by atoms with Gasteiger partial charge in [0.05, 0.1) is 12.2 Å². The molecule has 0 spiro atoms. The molecule has 4 rings (SSSR count). The number of hydrogen-bond acceptors (Lipinski definition) is 3. The van der Waals surface area contributed by atoms with Crippen LogP contribution in [0.4, 0.5) is 0 Å². The van der Waals surface area contributed by atoms with E-state index in [1.54, 1.807) is 11.8 Å².